The van der Waals surface area contributed by atoms with Gasteiger partial charge in [-0.1, -0.05) is 23.7 Å². The topological polar surface area (TPSA) is 58.2 Å². The molecule has 2 N–H and O–H groups in total. The molecule has 0 bridgehead atoms. The minimum Gasteiger partial charge on any atom is -0.354 e. The fraction of sp³-hybridized carbons (Fsp3) is 0.385. The highest BCUT2D eigenvalue weighted by atomic mass is 35.5. The summed E-state index contributed by atoms with van der Waals surface area (Å²) in [6.07, 6.45) is 0.844. The molecule has 0 aliphatic carbocycles. The number of carbonyl (C=O) groups is 2. The molecule has 1 aromatic carbocycles. The van der Waals surface area contributed by atoms with E-state index in [0.29, 0.717) is 18.0 Å². The summed E-state index contributed by atoms with van der Waals surface area (Å²) in [5.41, 5.74) is 0.0531. The molecule has 0 aromatic heterocycles. The van der Waals surface area contributed by atoms with Crippen molar-refractivity contribution < 1.29 is 9.59 Å². The third-order valence-corrected chi connectivity index (χ3v) is 3.32. The van der Waals surface area contributed by atoms with Crippen LogP contribution in [0.4, 0.5) is 0 Å². The van der Waals surface area contributed by atoms with Gasteiger partial charge in [-0.05, 0) is 31.0 Å². The van der Waals surface area contributed by atoms with Gasteiger partial charge < -0.3 is 10.6 Å². The van der Waals surface area contributed by atoms with Crippen molar-refractivity contribution in [2.45, 2.75) is 25.3 Å². The van der Waals surface area contributed by atoms with Crippen LogP contribution in [-0.4, -0.2) is 23.9 Å². The maximum atomic E-state index is 11.9. The number of hydrogen-bond acceptors (Lipinski definition) is 2. The number of rotatable bonds is 3. The van der Waals surface area contributed by atoms with E-state index in [0.717, 1.165) is 5.56 Å². The van der Waals surface area contributed by atoms with E-state index >= 15 is 0 Å². The third kappa shape index (κ3) is 2.82. The van der Waals surface area contributed by atoms with E-state index in [1.54, 1.807) is 25.1 Å². The molecule has 1 atom stereocenters. The van der Waals surface area contributed by atoms with Gasteiger partial charge in [0.1, 0.15) is 5.54 Å². The average molecular weight is 267 g/mol. The Labute approximate surface area is 111 Å². The lowest BCUT2D eigenvalue weighted by atomic mass is 10.00. The SMILES string of the molecule is CC1(NC(=O)Cc2cccc(Cl)c2)CCNC1=O. The second-order valence-electron chi connectivity index (χ2n) is 4.69. The molecule has 2 amide bonds. The molecule has 1 fully saturated rings. The molecule has 0 spiro atoms. The van der Waals surface area contributed by atoms with Crippen LogP contribution in [0.2, 0.25) is 5.02 Å². The molecule has 1 aliphatic heterocycles. The Morgan fingerprint density at radius 3 is 2.94 bits per heavy atom. The maximum Gasteiger partial charge on any atom is 0.245 e. The monoisotopic (exact) mass is 266 g/mol. The lowest BCUT2D eigenvalue weighted by Gasteiger charge is -2.22. The molecule has 5 heteroatoms. The van der Waals surface area contributed by atoms with E-state index in [1.165, 1.54) is 0 Å². The number of hydrogen-bond donors (Lipinski definition) is 2. The number of nitrogens with one attached hydrogen (secondary N) is 2. The third-order valence-electron chi connectivity index (χ3n) is 3.08. The highest BCUT2D eigenvalue weighted by Crippen LogP contribution is 2.16. The van der Waals surface area contributed by atoms with Gasteiger partial charge in [0.15, 0.2) is 0 Å². The van der Waals surface area contributed by atoms with Crippen LogP contribution in [0.1, 0.15) is 18.9 Å². The summed E-state index contributed by atoms with van der Waals surface area (Å²) in [6.45, 7) is 2.35. The summed E-state index contributed by atoms with van der Waals surface area (Å²) in [5, 5.41) is 6.09. The van der Waals surface area contributed by atoms with Crippen LogP contribution in [0.25, 0.3) is 0 Å². The molecule has 1 heterocycles. The molecule has 0 saturated carbocycles. The predicted octanol–water partition coefficient (Wildman–Crippen LogP) is 1.28. The van der Waals surface area contributed by atoms with E-state index in [-0.39, 0.29) is 18.2 Å². The van der Waals surface area contributed by atoms with Crippen LogP contribution in [-0.2, 0) is 16.0 Å². The Morgan fingerprint density at radius 1 is 1.56 bits per heavy atom. The standard InChI is InChI=1S/C13H15ClN2O2/c1-13(5-6-15-12(13)18)16-11(17)8-9-3-2-4-10(14)7-9/h2-4,7H,5-6,8H2,1H3,(H,15,18)(H,16,17). The second-order valence-corrected chi connectivity index (χ2v) is 5.13. The molecule has 1 unspecified atom stereocenters. The number of benzene rings is 1. The van der Waals surface area contributed by atoms with Gasteiger partial charge >= 0.3 is 0 Å². The van der Waals surface area contributed by atoms with Gasteiger partial charge in [-0.3, -0.25) is 9.59 Å². The van der Waals surface area contributed by atoms with Crippen molar-refractivity contribution in [1.29, 1.82) is 0 Å². The minimum absolute atomic E-state index is 0.123. The summed E-state index contributed by atoms with van der Waals surface area (Å²) in [7, 11) is 0. The normalized spacial score (nSPS) is 22.7. The van der Waals surface area contributed by atoms with Crippen LogP contribution in [0.15, 0.2) is 24.3 Å². The van der Waals surface area contributed by atoms with Gasteiger partial charge in [-0.15, -0.1) is 0 Å². The number of carbonyl (C=O) groups excluding carboxylic acids is 2. The highest BCUT2D eigenvalue weighted by Gasteiger charge is 2.38. The van der Waals surface area contributed by atoms with Gasteiger partial charge in [0.25, 0.3) is 0 Å². The Kier molecular flexibility index (Phi) is 3.57. The van der Waals surface area contributed by atoms with Gasteiger partial charge in [0, 0.05) is 11.6 Å². The first-order chi connectivity index (χ1) is 8.49. The van der Waals surface area contributed by atoms with Crippen LogP contribution < -0.4 is 10.6 Å². The fourth-order valence-corrected chi connectivity index (χ4v) is 2.25. The summed E-state index contributed by atoms with van der Waals surface area (Å²) < 4.78 is 0. The first kappa shape index (κ1) is 12.9. The first-order valence-electron chi connectivity index (χ1n) is 5.83. The molecule has 1 aromatic rings. The van der Waals surface area contributed by atoms with E-state index in [1.807, 2.05) is 6.07 Å². The zero-order chi connectivity index (χ0) is 13.2. The van der Waals surface area contributed by atoms with E-state index in [9.17, 15) is 9.59 Å². The van der Waals surface area contributed by atoms with Crippen molar-refractivity contribution >= 4 is 23.4 Å². The molecular weight excluding hydrogens is 252 g/mol. The number of halogens is 1. The summed E-state index contributed by atoms with van der Waals surface area (Å²) in [4.78, 5) is 23.5. The average Bonchev–Trinajstić information content (AvgIpc) is 2.58. The highest BCUT2D eigenvalue weighted by molar-refractivity contribution is 6.30. The summed E-state index contributed by atoms with van der Waals surface area (Å²) in [6, 6.07) is 7.14. The lowest BCUT2D eigenvalue weighted by molar-refractivity contribution is -0.130. The second kappa shape index (κ2) is 4.98. The summed E-state index contributed by atoms with van der Waals surface area (Å²) >= 11 is 5.85. The van der Waals surface area contributed by atoms with Crippen molar-refractivity contribution in [2.24, 2.45) is 0 Å². The van der Waals surface area contributed by atoms with Crippen LogP contribution in [0, 0.1) is 0 Å². The Bertz CT molecular complexity index is 490. The smallest absolute Gasteiger partial charge is 0.245 e. The molecule has 2 rings (SSSR count). The van der Waals surface area contributed by atoms with Crippen molar-refractivity contribution in [3.63, 3.8) is 0 Å². The fourth-order valence-electron chi connectivity index (χ4n) is 2.04. The predicted molar refractivity (Wildman–Crippen MR) is 69.3 cm³/mol. The van der Waals surface area contributed by atoms with Gasteiger partial charge in [-0.25, -0.2) is 0 Å². The largest absolute Gasteiger partial charge is 0.354 e. The van der Waals surface area contributed by atoms with E-state index in [4.69, 9.17) is 11.6 Å². The van der Waals surface area contributed by atoms with Gasteiger partial charge in [0.2, 0.25) is 11.8 Å². The number of amides is 2. The van der Waals surface area contributed by atoms with Crippen molar-refractivity contribution in [3.8, 4) is 0 Å². The Balaban J connectivity index is 1.99. The Hall–Kier alpha value is -1.55. The molecule has 4 nitrogen and oxygen atoms in total. The van der Waals surface area contributed by atoms with E-state index in [2.05, 4.69) is 10.6 Å². The maximum absolute atomic E-state index is 11.9. The first-order valence-corrected chi connectivity index (χ1v) is 6.21. The van der Waals surface area contributed by atoms with E-state index < -0.39 is 5.54 Å². The summed E-state index contributed by atoms with van der Waals surface area (Å²) in [5.74, 6) is -0.293. The molecule has 0 radical (unpaired) electrons. The van der Waals surface area contributed by atoms with Crippen LogP contribution in [0.3, 0.4) is 0 Å². The molecule has 96 valence electrons. The van der Waals surface area contributed by atoms with Crippen molar-refractivity contribution in [3.05, 3.63) is 34.9 Å². The molecule has 18 heavy (non-hydrogen) atoms. The zero-order valence-electron chi connectivity index (χ0n) is 10.1. The zero-order valence-corrected chi connectivity index (χ0v) is 10.9. The molecular formula is C13H15ClN2O2. The lowest BCUT2D eigenvalue weighted by Crippen LogP contribution is -2.51. The van der Waals surface area contributed by atoms with Crippen molar-refractivity contribution in [2.75, 3.05) is 6.54 Å². The molecule has 1 aliphatic rings. The minimum atomic E-state index is -0.782. The van der Waals surface area contributed by atoms with Gasteiger partial charge in [0.05, 0.1) is 6.42 Å². The van der Waals surface area contributed by atoms with Crippen LogP contribution in [0.5, 0.6) is 0 Å². The Morgan fingerprint density at radius 2 is 2.33 bits per heavy atom. The van der Waals surface area contributed by atoms with Crippen LogP contribution >= 0.6 is 11.6 Å². The molecule has 1 saturated heterocycles. The van der Waals surface area contributed by atoms with Crippen molar-refractivity contribution in [1.82, 2.24) is 10.6 Å². The van der Waals surface area contributed by atoms with Gasteiger partial charge in [-0.2, -0.15) is 0 Å². The quantitative estimate of drug-likeness (QED) is 0.866.